The Kier molecular flexibility index (Phi) is 2.58. The van der Waals surface area contributed by atoms with Crippen LogP contribution in [0.1, 0.15) is 5.69 Å². The lowest BCUT2D eigenvalue weighted by Crippen LogP contribution is -1.94. The fraction of sp³-hybridized carbons (Fsp3) is 0.286. The number of aromatic nitrogens is 2. The molecular weight excluding hydrogens is 183 g/mol. The molecule has 0 aliphatic carbocycles. The van der Waals surface area contributed by atoms with E-state index in [9.17, 15) is 0 Å². The summed E-state index contributed by atoms with van der Waals surface area (Å²) in [4.78, 5) is 3.89. The van der Waals surface area contributed by atoms with Crippen molar-refractivity contribution in [1.82, 2.24) is 9.55 Å². The van der Waals surface area contributed by atoms with Crippen molar-refractivity contribution in [3.8, 4) is 0 Å². The van der Waals surface area contributed by atoms with Gasteiger partial charge in [-0.2, -0.15) is 0 Å². The Morgan fingerprint density at radius 3 is 2.82 bits per heavy atom. The first-order chi connectivity index (χ1) is 5.16. The van der Waals surface area contributed by atoms with Crippen molar-refractivity contribution in [3.63, 3.8) is 0 Å². The minimum Gasteiger partial charge on any atom is -0.333 e. The summed E-state index contributed by atoms with van der Waals surface area (Å²) in [6, 6.07) is 0. The molecular formula is C7H8Cl2N2. The number of halogens is 2. The van der Waals surface area contributed by atoms with Crippen LogP contribution in [0.3, 0.4) is 0 Å². The number of hydrogen-bond acceptors (Lipinski definition) is 1. The van der Waals surface area contributed by atoms with Gasteiger partial charge in [-0.25, -0.2) is 4.98 Å². The van der Waals surface area contributed by atoms with E-state index >= 15 is 0 Å². The van der Waals surface area contributed by atoms with Crippen LogP contribution in [0.2, 0.25) is 5.15 Å². The molecule has 0 N–H and O–H groups in total. The molecule has 2 nitrogen and oxygen atoms in total. The van der Waals surface area contributed by atoms with Gasteiger partial charge in [0.15, 0.2) is 5.15 Å². The number of hydrogen-bond donors (Lipinski definition) is 0. The summed E-state index contributed by atoms with van der Waals surface area (Å²) < 4.78 is 1.80. The SMILES string of the molecule is C=C(CCl)c1c(Cl)ncn1C. The van der Waals surface area contributed by atoms with Crippen LogP contribution in [0, 0.1) is 0 Å². The molecule has 1 heterocycles. The molecule has 4 heteroatoms. The van der Waals surface area contributed by atoms with E-state index in [4.69, 9.17) is 23.2 Å². The smallest absolute Gasteiger partial charge is 0.154 e. The molecule has 0 radical (unpaired) electrons. The zero-order chi connectivity index (χ0) is 8.43. The van der Waals surface area contributed by atoms with E-state index in [1.165, 1.54) is 0 Å². The van der Waals surface area contributed by atoms with Crippen LogP contribution in [-0.2, 0) is 7.05 Å². The van der Waals surface area contributed by atoms with Crippen LogP contribution in [0.25, 0.3) is 5.57 Å². The third-order valence-electron chi connectivity index (χ3n) is 1.39. The second-order valence-electron chi connectivity index (χ2n) is 2.23. The van der Waals surface area contributed by atoms with Crippen LogP contribution in [0.4, 0.5) is 0 Å². The first-order valence-corrected chi connectivity index (χ1v) is 3.99. The van der Waals surface area contributed by atoms with Crippen molar-refractivity contribution in [3.05, 3.63) is 23.8 Å². The molecule has 0 bridgehead atoms. The van der Waals surface area contributed by atoms with E-state index in [-0.39, 0.29) is 0 Å². The fourth-order valence-corrected chi connectivity index (χ4v) is 1.30. The Bertz CT molecular complexity index is 258. The lowest BCUT2D eigenvalue weighted by atomic mass is 10.2. The molecule has 0 aliphatic rings. The van der Waals surface area contributed by atoms with Gasteiger partial charge in [0.25, 0.3) is 0 Å². The summed E-state index contributed by atoms with van der Waals surface area (Å²) in [7, 11) is 1.85. The van der Waals surface area contributed by atoms with E-state index in [1.54, 1.807) is 10.9 Å². The Labute approximate surface area is 75.4 Å². The first kappa shape index (κ1) is 8.62. The molecule has 0 spiro atoms. The second-order valence-corrected chi connectivity index (χ2v) is 2.86. The minimum absolute atomic E-state index is 0.374. The summed E-state index contributed by atoms with van der Waals surface area (Å²) in [6.07, 6.45) is 1.63. The highest BCUT2D eigenvalue weighted by Gasteiger charge is 2.08. The molecule has 0 fully saturated rings. The zero-order valence-corrected chi connectivity index (χ0v) is 7.65. The highest BCUT2D eigenvalue weighted by molar-refractivity contribution is 6.32. The van der Waals surface area contributed by atoms with Crippen LogP contribution < -0.4 is 0 Å². The van der Waals surface area contributed by atoms with Crippen LogP contribution in [0.15, 0.2) is 12.9 Å². The molecule has 0 saturated heterocycles. The lowest BCUT2D eigenvalue weighted by Gasteiger charge is -2.01. The topological polar surface area (TPSA) is 17.8 Å². The average molecular weight is 191 g/mol. The monoisotopic (exact) mass is 190 g/mol. The maximum Gasteiger partial charge on any atom is 0.154 e. The molecule has 60 valence electrons. The van der Waals surface area contributed by atoms with Gasteiger partial charge < -0.3 is 4.57 Å². The van der Waals surface area contributed by atoms with Gasteiger partial charge in [0.1, 0.15) is 0 Å². The fourth-order valence-electron chi connectivity index (χ4n) is 0.860. The Morgan fingerprint density at radius 2 is 2.45 bits per heavy atom. The molecule has 0 aromatic carbocycles. The summed E-state index contributed by atoms with van der Waals surface area (Å²) >= 11 is 11.4. The van der Waals surface area contributed by atoms with Crippen molar-refractivity contribution in [2.45, 2.75) is 0 Å². The number of alkyl halides is 1. The van der Waals surface area contributed by atoms with E-state index in [0.717, 1.165) is 11.3 Å². The molecule has 0 atom stereocenters. The largest absolute Gasteiger partial charge is 0.333 e. The molecule has 0 saturated carbocycles. The number of imidazole rings is 1. The van der Waals surface area contributed by atoms with Gasteiger partial charge in [-0.15, -0.1) is 11.6 Å². The molecule has 0 aliphatic heterocycles. The molecule has 0 amide bonds. The number of nitrogens with zero attached hydrogens (tertiary/aromatic N) is 2. The number of aryl methyl sites for hydroxylation is 1. The quantitative estimate of drug-likeness (QED) is 0.656. The highest BCUT2D eigenvalue weighted by atomic mass is 35.5. The highest BCUT2D eigenvalue weighted by Crippen LogP contribution is 2.21. The third kappa shape index (κ3) is 1.57. The van der Waals surface area contributed by atoms with Gasteiger partial charge in [0, 0.05) is 12.9 Å². The van der Waals surface area contributed by atoms with Crippen molar-refractivity contribution in [1.29, 1.82) is 0 Å². The normalized spacial score (nSPS) is 10.1. The maximum atomic E-state index is 5.77. The predicted molar refractivity (Wildman–Crippen MR) is 48.0 cm³/mol. The number of rotatable bonds is 2. The third-order valence-corrected chi connectivity index (χ3v) is 1.99. The molecule has 11 heavy (non-hydrogen) atoms. The van der Waals surface area contributed by atoms with Gasteiger partial charge >= 0.3 is 0 Å². The standard InChI is InChI=1S/C7H8Cl2N2/c1-5(3-8)6-7(9)10-4-11(6)2/h4H,1,3H2,2H3. The lowest BCUT2D eigenvalue weighted by molar-refractivity contribution is 0.897. The first-order valence-electron chi connectivity index (χ1n) is 3.07. The van der Waals surface area contributed by atoms with Gasteiger partial charge in [0.2, 0.25) is 0 Å². The molecule has 1 rings (SSSR count). The number of allylic oxidation sites excluding steroid dienone is 1. The van der Waals surface area contributed by atoms with Crippen molar-refractivity contribution >= 4 is 28.8 Å². The minimum atomic E-state index is 0.374. The molecule has 0 unspecified atom stereocenters. The Hall–Kier alpha value is -0.470. The van der Waals surface area contributed by atoms with E-state index in [1.807, 2.05) is 7.05 Å². The van der Waals surface area contributed by atoms with Crippen molar-refractivity contribution in [2.75, 3.05) is 5.88 Å². The van der Waals surface area contributed by atoms with Gasteiger partial charge in [0.05, 0.1) is 12.0 Å². The summed E-state index contributed by atoms with van der Waals surface area (Å²) in [5.41, 5.74) is 1.60. The predicted octanol–water partition coefficient (Wildman–Crippen LogP) is 2.33. The van der Waals surface area contributed by atoms with Crippen LogP contribution >= 0.6 is 23.2 Å². The summed E-state index contributed by atoms with van der Waals surface area (Å²) in [5, 5.41) is 0.457. The molecule has 1 aromatic heterocycles. The Morgan fingerprint density at radius 1 is 1.82 bits per heavy atom. The summed E-state index contributed by atoms with van der Waals surface area (Å²) in [5.74, 6) is 0.374. The zero-order valence-electron chi connectivity index (χ0n) is 6.14. The van der Waals surface area contributed by atoms with E-state index in [0.29, 0.717) is 11.0 Å². The van der Waals surface area contributed by atoms with E-state index < -0.39 is 0 Å². The average Bonchev–Trinajstić information content (AvgIpc) is 2.30. The maximum absolute atomic E-state index is 5.77. The van der Waals surface area contributed by atoms with Crippen LogP contribution in [-0.4, -0.2) is 15.4 Å². The second kappa shape index (κ2) is 3.28. The van der Waals surface area contributed by atoms with Crippen molar-refractivity contribution < 1.29 is 0 Å². The molecule has 1 aromatic rings. The van der Waals surface area contributed by atoms with Crippen LogP contribution in [0.5, 0.6) is 0 Å². The van der Waals surface area contributed by atoms with E-state index in [2.05, 4.69) is 11.6 Å². The Balaban J connectivity index is 3.10. The van der Waals surface area contributed by atoms with Gasteiger partial charge in [-0.1, -0.05) is 18.2 Å². The van der Waals surface area contributed by atoms with Gasteiger partial charge in [-0.05, 0) is 5.57 Å². The van der Waals surface area contributed by atoms with Gasteiger partial charge in [-0.3, -0.25) is 0 Å². The summed E-state index contributed by atoms with van der Waals surface area (Å²) in [6.45, 7) is 3.76. The van der Waals surface area contributed by atoms with Crippen molar-refractivity contribution in [2.24, 2.45) is 7.05 Å².